The van der Waals surface area contributed by atoms with Crippen molar-refractivity contribution in [3.8, 4) is 5.75 Å². The fraction of sp³-hybridized carbons (Fsp3) is 0.500. The Bertz CT molecular complexity index is 1190. The Hall–Kier alpha value is -3.35. The van der Waals surface area contributed by atoms with Crippen LogP contribution in [0.1, 0.15) is 63.9 Å². The van der Waals surface area contributed by atoms with E-state index in [1.165, 1.54) is 0 Å². The summed E-state index contributed by atoms with van der Waals surface area (Å²) in [5.74, 6) is 1.69. The maximum absolute atomic E-state index is 13.2. The van der Waals surface area contributed by atoms with E-state index in [2.05, 4.69) is 37.6 Å². The third kappa shape index (κ3) is 7.81. The molecule has 2 aromatic carbocycles. The minimum Gasteiger partial charge on any atom is -0.483 e. The summed E-state index contributed by atoms with van der Waals surface area (Å²) in [4.78, 5) is 32.1. The van der Waals surface area contributed by atoms with Crippen LogP contribution < -0.4 is 10.1 Å². The van der Waals surface area contributed by atoms with E-state index in [1.54, 1.807) is 0 Å². The van der Waals surface area contributed by atoms with Crippen LogP contribution in [0.3, 0.4) is 0 Å². The van der Waals surface area contributed by atoms with Crippen LogP contribution in [0, 0.1) is 13.8 Å². The number of imidazole rings is 1. The molecule has 7 heteroatoms. The van der Waals surface area contributed by atoms with Crippen LogP contribution in [0.5, 0.6) is 5.75 Å². The van der Waals surface area contributed by atoms with Crippen LogP contribution in [-0.4, -0.2) is 51.5 Å². The second kappa shape index (κ2) is 13.3. The first-order valence-electron chi connectivity index (χ1n) is 13.4. The van der Waals surface area contributed by atoms with Gasteiger partial charge in [0, 0.05) is 25.0 Å². The van der Waals surface area contributed by atoms with Gasteiger partial charge in [-0.1, -0.05) is 30.7 Å². The number of nitrogens with one attached hydrogen (secondary N) is 1. The van der Waals surface area contributed by atoms with Crippen molar-refractivity contribution >= 4 is 22.8 Å². The number of benzene rings is 2. The summed E-state index contributed by atoms with van der Waals surface area (Å²) >= 11 is 0. The monoisotopic (exact) mass is 506 g/mol. The Kier molecular flexibility index (Phi) is 10.1. The van der Waals surface area contributed by atoms with E-state index in [-0.39, 0.29) is 30.5 Å². The normalized spacial score (nSPS) is 11.4. The van der Waals surface area contributed by atoms with Crippen molar-refractivity contribution in [2.24, 2.45) is 0 Å². The van der Waals surface area contributed by atoms with Gasteiger partial charge in [0.05, 0.1) is 11.0 Å². The van der Waals surface area contributed by atoms with Gasteiger partial charge in [0.2, 0.25) is 5.91 Å². The van der Waals surface area contributed by atoms with E-state index in [1.807, 2.05) is 61.2 Å². The smallest absolute Gasteiger partial charge is 0.257 e. The zero-order valence-electron chi connectivity index (χ0n) is 23.2. The van der Waals surface area contributed by atoms with Crippen molar-refractivity contribution in [2.45, 2.75) is 85.9 Å². The summed E-state index contributed by atoms with van der Waals surface area (Å²) in [5, 5.41) is 2.94. The number of fused-ring (bicyclic) bond motifs is 1. The van der Waals surface area contributed by atoms with Crippen LogP contribution in [0.2, 0.25) is 0 Å². The lowest BCUT2D eigenvalue weighted by Gasteiger charge is -2.31. The topological polar surface area (TPSA) is 76.5 Å². The second-order valence-corrected chi connectivity index (χ2v) is 10.3. The zero-order chi connectivity index (χ0) is 26.9. The molecule has 3 rings (SSSR count). The number of carbonyl (C=O) groups excluding carboxylic acids is 2. The quantitative estimate of drug-likeness (QED) is 0.323. The Balaban J connectivity index is 1.48. The predicted molar refractivity (Wildman–Crippen MR) is 149 cm³/mol. The van der Waals surface area contributed by atoms with Gasteiger partial charge in [-0.2, -0.15) is 0 Å². The second-order valence-electron chi connectivity index (χ2n) is 10.3. The number of unbranched alkanes of at least 4 members (excludes halogenated alkanes) is 2. The molecule has 0 spiro atoms. The molecular weight excluding hydrogens is 464 g/mol. The Morgan fingerprint density at radius 1 is 1.00 bits per heavy atom. The molecule has 0 aliphatic carbocycles. The Morgan fingerprint density at radius 3 is 2.46 bits per heavy atom. The highest BCUT2D eigenvalue weighted by atomic mass is 16.5. The molecule has 1 aromatic heterocycles. The number of hydrogen-bond acceptors (Lipinski definition) is 4. The lowest BCUT2D eigenvalue weighted by molar-refractivity contribution is -0.135. The standard InChI is InChI=1S/C30H42N4O3/c1-21(2)34(22(3)4)30(36)19-33-26-13-10-9-12-25(26)32-28(33)14-8-7-11-17-31-29(35)20-37-27-18-23(5)15-16-24(27)6/h9-10,12-13,15-16,18,21-22H,7-8,11,14,17,19-20H2,1-6H3,(H,31,35). The fourth-order valence-corrected chi connectivity index (χ4v) is 4.75. The van der Waals surface area contributed by atoms with E-state index in [0.29, 0.717) is 13.1 Å². The molecule has 2 amide bonds. The van der Waals surface area contributed by atoms with Crippen LogP contribution in [-0.2, 0) is 22.6 Å². The zero-order valence-corrected chi connectivity index (χ0v) is 23.2. The molecule has 1 heterocycles. The number of amides is 2. The molecule has 0 bridgehead atoms. The number of hydrogen-bond donors (Lipinski definition) is 1. The fourth-order valence-electron chi connectivity index (χ4n) is 4.75. The first kappa shape index (κ1) is 28.2. The number of rotatable bonds is 13. The predicted octanol–water partition coefficient (Wildman–Crippen LogP) is 5.21. The summed E-state index contributed by atoms with van der Waals surface area (Å²) in [6.45, 7) is 13.1. The van der Waals surface area contributed by atoms with E-state index in [0.717, 1.165) is 59.4 Å². The molecule has 0 radical (unpaired) electrons. The van der Waals surface area contributed by atoms with Gasteiger partial charge in [-0.05, 0) is 83.7 Å². The van der Waals surface area contributed by atoms with Crippen LogP contribution in [0.4, 0.5) is 0 Å². The van der Waals surface area contributed by atoms with E-state index < -0.39 is 0 Å². The number of aromatic nitrogens is 2. The summed E-state index contributed by atoms with van der Waals surface area (Å²) in [6, 6.07) is 14.3. The van der Waals surface area contributed by atoms with Crippen molar-refractivity contribution in [1.29, 1.82) is 0 Å². The van der Waals surface area contributed by atoms with Crippen molar-refractivity contribution < 1.29 is 14.3 Å². The first-order valence-corrected chi connectivity index (χ1v) is 13.4. The molecule has 200 valence electrons. The van der Waals surface area contributed by atoms with E-state index in [9.17, 15) is 9.59 Å². The van der Waals surface area contributed by atoms with Crippen LogP contribution >= 0.6 is 0 Å². The molecule has 37 heavy (non-hydrogen) atoms. The minimum absolute atomic E-state index is 0.0200. The maximum Gasteiger partial charge on any atom is 0.257 e. The Morgan fingerprint density at radius 2 is 1.73 bits per heavy atom. The van der Waals surface area contributed by atoms with Gasteiger partial charge in [0.1, 0.15) is 18.1 Å². The molecule has 7 nitrogen and oxygen atoms in total. The molecular formula is C30H42N4O3. The summed E-state index contributed by atoms with van der Waals surface area (Å²) < 4.78 is 7.75. The SMILES string of the molecule is Cc1ccc(C)c(OCC(=O)NCCCCCc2nc3ccccc3n2CC(=O)N(C(C)C)C(C)C)c1. The molecule has 0 aliphatic rings. The van der Waals surface area contributed by atoms with Gasteiger partial charge < -0.3 is 19.5 Å². The number of carbonyl (C=O) groups is 2. The molecule has 0 atom stereocenters. The number of para-hydroxylation sites is 2. The lowest BCUT2D eigenvalue weighted by Crippen LogP contribution is -2.43. The highest BCUT2D eigenvalue weighted by Crippen LogP contribution is 2.20. The average Bonchev–Trinajstić information content (AvgIpc) is 3.18. The molecule has 1 N–H and O–H groups in total. The summed E-state index contributed by atoms with van der Waals surface area (Å²) in [6.07, 6.45) is 3.56. The summed E-state index contributed by atoms with van der Waals surface area (Å²) in [7, 11) is 0. The van der Waals surface area contributed by atoms with Crippen molar-refractivity contribution in [3.05, 3.63) is 59.4 Å². The third-order valence-corrected chi connectivity index (χ3v) is 6.53. The van der Waals surface area contributed by atoms with Crippen molar-refractivity contribution in [2.75, 3.05) is 13.2 Å². The molecule has 3 aromatic rings. The number of aryl methyl sites for hydroxylation is 3. The molecule has 0 saturated heterocycles. The third-order valence-electron chi connectivity index (χ3n) is 6.53. The lowest BCUT2D eigenvalue weighted by atomic mass is 10.1. The molecule has 0 aliphatic heterocycles. The van der Waals surface area contributed by atoms with Crippen molar-refractivity contribution in [1.82, 2.24) is 19.8 Å². The average molecular weight is 507 g/mol. The van der Waals surface area contributed by atoms with Crippen molar-refractivity contribution in [3.63, 3.8) is 0 Å². The maximum atomic E-state index is 13.2. The van der Waals surface area contributed by atoms with Gasteiger partial charge in [-0.25, -0.2) is 4.98 Å². The van der Waals surface area contributed by atoms with E-state index in [4.69, 9.17) is 9.72 Å². The minimum atomic E-state index is -0.110. The van der Waals surface area contributed by atoms with Crippen LogP contribution in [0.25, 0.3) is 11.0 Å². The van der Waals surface area contributed by atoms with Gasteiger partial charge >= 0.3 is 0 Å². The molecule has 0 fully saturated rings. The highest BCUT2D eigenvalue weighted by Gasteiger charge is 2.22. The van der Waals surface area contributed by atoms with Gasteiger partial charge in [0.25, 0.3) is 5.91 Å². The highest BCUT2D eigenvalue weighted by molar-refractivity contribution is 5.81. The van der Waals surface area contributed by atoms with Gasteiger partial charge in [-0.15, -0.1) is 0 Å². The Labute approximate surface area is 221 Å². The van der Waals surface area contributed by atoms with Gasteiger partial charge in [-0.3, -0.25) is 9.59 Å². The number of nitrogens with zero attached hydrogens (tertiary/aromatic N) is 3. The van der Waals surface area contributed by atoms with Crippen LogP contribution in [0.15, 0.2) is 42.5 Å². The largest absolute Gasteiger partial charge is 0.483 e. The number of ether oxygens (including phenoxy) is 1. The molecule has 0 saturated carbocycles. The van der Waals surface area contributed by atoms with Gasteiger partial charge in [0.15, 0.2) is 6.61 Å². The van der Waals surface area contributed by atoms with E-state index >= 15 is 0 Å². The molecule has 0 unspecified atom stereocenters. The first-order chi connectivity index (χ1) is 17.7. The summed E-state index contributed by atoms with van der Waals surface area (Å²) in [5.41, 5.74) is 4.04.